The molecule has 0 spiro atoms. The van der Waals surface area contributed by atoms with Crippen molar-refractivity contribution >= 4 is 39.5 Å². The third kappa shape index (κ3) is 68.4. The lowest BCUT2D eigenvalue weighted by Gasteiger charge is -2.21. The van der Waals surface area contributed by atoms with Crippen molar-refractivity contribution in [3.8, 4) is 0 Å². The number of esters is 4. The van der Waals surface area contributed by atoms with Gasteiger partial charge in [-0.1, -0.05) is 325 Å². The van der Waals surface area contributed by atoms with E-state index >= 15 is 0 Å². The quantitative estimate of drug-likeness (QED) is 0.0222. The summed E-state index contributed by atoms with van der Waals surface area (Å²) in [5, 5.41) is 10.6. The summed E-state index contributed by atoms with van der Waals surface area (Å²) in [6, 6.07) is 0. The number of rotatable bonds is 72. The summed E-state index contributed by atoms with van der Waals surface area (Å²) < 4.78 is 68.4. The number of aliphatic hydroxyl groups excluding tert-OH is 1. The van der Waals surface area contributed by atoms with Crippen molar-refractivity contribution in [1.82, 2.24) is 0 Å². The number of carbonyl (C=O) groups is 4. The summed E-state index contributed by atoms with van der Waals surface area (Å²) in [4.78, 5) is 72.6. The van der Waals surface area contributed by atoms with E-state index in [-0.39, 0.29) is 25.7 Å². The number of carbonyl (C=O) groups excluding carboxylic acids is 4. The lowest BCUT2D eigenvalue weighted by molar-refractivity contribution is -0.161. The SMILES string of the molecule is CCCCCCCCCCC(=O)OC[C@H](COP(=O)(O)OC[C@H](O)COP(=O)(O)OC[C@@H](COC(=O)CCCCCCCCCCCCCCC(C)C)OC(=O)CCCCCCCCCCCCCCCCCC(C)C)OC(=O)CCCCCCCCCCCC(C)C. The van der Waals surface area contributed by atoms with Gasteiger partial charge in [0.05, 0.1) is 26.4 Å². The zero-order valence-electron chi connectivity index (χ0n) is 60.7. The van der Waals surface area contributed by atoms with Gasteiger partial charge in [-0.05, 0) is 43.4 Å². The van der Waals surface area contributed by atoms with E-state index in [1.807, 2.05) is 0 Å². The maximum absolute atomic E-state index is 13.1. The first-order valence-electron chi connectivity index (χ1n) is 38.3. The molecule has 2 unspecified atom stereocenters. The molecule has 552 valence electrons. The number of unbranched alkanes of at least 4 members (excludes halogenated alkanes) is 40. The van der Waals surface area contributed by atoms with Crippen LogP contribution in [0.3, 0.4) is 0 Å². The predicted molar refractivity (Wildman–Crippen MR) is 377 cm³/mol. The van der Waals surface area contributed by atoms with Gasteiger partial charge >= 0.3 is 39.5 Å². The molecule has 19 heteroatoms. The van der Waals surface area contributed by atoms with Crippen LogP contribution in [0.2, 0.25) is 0 Å². The van der Waals surface area contributed by atoms with E-state index in [0.29, 0.717) is 25.7 Å². The molecule has 0 aliphatic carbocycles. The minimum Gasteiger partial charge on any atom is -0.462 e. The zero-order chi connectivity index (χ0) is 68.7. The Balaban J connectivity index is 5.22. The number of hydrogen-bond donors (Lipinski definition) is 3. The first-order valence-corrected chi connectivity index (χ1v) is 41.3. The Morgan fingerprint density at radius 2 is 0.495 bits per heavy atom. The molecule has 0 aliphatic rings. The summed E-state index contributed by atoms with van der Waals surface area (Å²) in [6.07, 6.45) is 50.0. The van der Waals surface area contributed by atoms with Crippen LogP contribution in [0, 0.1) is 17.8 Å². The molecule has 0 amide bonds. The van der Waals surface area contributed by atoms with E-state index in [1.54, 1.807) is 0 Å². The van der Waals surface area contributed by atoms with Crippen LogP contribution in [-0.4, -0.2) is 96.7 Å². The molecule has 0 saturated heterocycles. The Kier molecular flexibility index (Phi) is 63.4. The average molecular weight is 1370 g/mol. The highest BCUT2D eigenvalue weighted by molar-refractivity contribution is 7.47. The second kappa shape index (κ2) is 64.7. The molecule has 0 saturated carbocycles. The molecule has 0 aromatic rings. The highest BCUT2D eigenvalue weighted by atomic mass is 31.2. The minimum atomic E-state index is -4.96. The van der Waals surface area contributed by atoms with Crippen molar-refractivity contribution in [1.29, 1.82) is 0 Å². The molecule has 3 N–H and O–H groups in total. The molecule has 17 nitrogen and oxygen atoms in total. The van der Waals surface area contributed by atoms with Gasteiger partial charge in [0.15, 0.2) is 12.2 Å². The fourth-order valence-corrected chi connectivity index (χ4v) is 12.8. The molecule has 0 aromatic carbocycles. The number of hydrogen-bond acceptors (Lipinski definition) is 15. The normalized spacial score (nSPS) is 14.1. The van der Waals surface area contributed by atoms with E-state index in [1.165, 1.54) is 180 Å². The van der Waals surface area contributed by atoms with Crippen LogP contribution in [0.1, 0.15) is 376 Å². The first-order chi connectivity index (χ1) is 44.7. The molecule has 0 radical (unpaired) electrons. The van der Waals surface area contributed by atoms with Crippen molar-refractivity contribution in [3.05, 3.63) is 0 Å². The maximum atomic E-state index is 13.1. The van der Waals surface area contributed by atoms with Gasteiger partial charge < -0.3 is 33.8 Å². The van der Waals surface area contributed by atoms with Gasteiger partial charge in [0.2, 0.25) is 0 Å². The number of phosphoric acid groups is 2. The number of phosphoric ester groups is 2. The fourth-order valence-electron chi connectivity index (χ4n) is 11.2. The van der Waals surface area contributed by atoms with E-state index in [0.717, 1.165) is 114 Å². The molecule has 0 fully saturated rings. The van der Waals surface area contributed by atoms with Crippen molar-refractivity contribution in [2.75, 3.05) is 39.6 Å². The molecule has 0 aromatic heterocycles. The molecular weight excluding hydrogens is 1220 g/mol. The van der Waals surface area contributed by atoms with Crippen LogP contribution in [-0.2, 0) is 65.4 Å². The Morgan fingerprint density at radius 1 is 0.290 bits per heavy atom. The van der Waals surface area contributed by atoms with Crippen molar-refractivity contribution in [3.63, 3.8) is 0 Å². The third-order valence-electron chi connectivity index (χ3n) is 17.1. The van der Waals surface area contributed by atoms with E-state index in [2.05, 4.69) is 48.5 Å². The number of ether oxygens (including phenoxy) is 4. The second-order valence-corrected chi connectivity index (χ2v) is 31.0. The van der Waals surface area contributed by atoms with Crippen LogP contribution >= 0.6 is 15.6 Å². The summed E-state index contributed by atoms with van der Waals surface area (Å²) >= 11 is 0. The molecule has 5 atom stereocenters. The van der Waals surface area contributed by atoms with Crippen molar-refractivity contribution < 1.29 is 80.2 Å². The fraction of sp³-hybridized carbons (Fsp3) is 0.946. The Bertz CT molecular complexity index is 1820. The standard InChI is InChI=1S/C74H144O17P2/c1-8-9-10-11-12-34-41-48-55-71(76)84-61-69(91-74(79)58-51-44-37-30-24-27-33-40-47-54-67(6)7)63-88-92(80,81)86-59-68(75)60-87-93(82,83)89-64-70(62-85-72(77)56-49-42-35-28-22-19-18-21-26-32-39-46-53-66(4)5)90-73(78)57-50-43-36-29-23-17-15-13-14-16-20-25-31-38-45-52-65(2)3/h65-70,75H,8-64H2,1-7H3,(H,80,81)(H,82,83)/t68-,69+,70+/m0/s1. The van der Waals surface area contributed by atoms with Gasteiger partial charge in [-0.3, -0.25) is 37.3 Å². The monoisotopic (exact) mass is 1370 g/mol. The second-order valence-electron chi connectivity index (χ2n) is 28.1. The lowest BCUT2D eigenvalue weighted by atomic mass is 10.0. The topological polar surface area (TPSA) is 237 Å². The highest BCUT2D eigenvalue weighted by Gasteiger charge is 2.30. The lowest BCUT2D eigenvalue weighted by Crippen LogP contribution is -2.30. The first kappa shape index (κ1) is 91.1. The third-order valence-corrected chi connectivity index (χ3v) is 19.0. The van der Waals surface area contributed by atoms with Crippen molar-refractivity contribution in [2.45, 2.75) is 394 Å². The highest BCUT2D eigenvalue weighted by Crippen LogP contribution is 2.45. The van der Waals surface area contributed by atoms with Gasteiger partial charge in [-0.15, -0.1) is 0 Å². The van der Waals surface area contributed by atoms with E-state index in [4.69, 9.17) is 37.0 Å². The van der Waals surface area contributed by atoms with Gasteiger partial charge in [0.25, 0.3) is 0 Å². The number of aliphatic hydroxyl groups is 1. The average Bonchev–Trinajstić information content (AvgIpc) is 3.32. The molecular formula is C74H144O17P2. The summed E-state index contributed by atoms with van der Waals surface area (Å²) in [5.74, 6) is 0.198. The molecule has 0 aliphatic heterocycles. The summed E-state index contributed by atoms with van der Waals surface area (Å²) in [7, 11) is -9.90. The van der Waals surface area contributed by atoms with Crippen LogP contribution in [0.5, 0.6) is 0 Å². The predicted octanol–water partition coefficient (Wildman–Crippen LogP) is 21.4. The van der Waals surface area contributed by atoms with Crippen LogP contribution < -0.4 is 0 Å². The zero-order valence-corrected chi connectivity index (χ0v) is 62.5. The van der Waals surface area contributed by atoms with E-state index < -0.39 is 97.5 Å². The Morgan fingerprint density at radius 3 is 0.731 bits per heavy atom. The van der Waals surface area contributed by atoms with E-state index in [9.17, 15) is 43.2 Å². The maximum Gasteiger partial charge on any atom is 0.472 e. The van der Waals surface area contributed by atoms with Crippen LogP contribution in [0.15, 0.2) is 0 Å². The molecule has 93 heavy (non-hydrogen) atoms. The largest absolute Gasteiger partial charge is 0.472 e. The minimum absolute atomic E-state index is 0.105. The van der Waals surface area contributed by atoms with Gasteiger partial charge in [0, 0.05) is 25.7 Å². The van der Waals surface area contributed by atoms with Crippen LogP contribution in [0.4, 0.5) is 0 Å². The van der Waals surface area contributed by atoms with Gasteiger partial charge in [-0.25, -0.2) is 9.13 Å². The molecule has 0 heterocycles. The van der Waals surface area contributed by atoms with Crippen LogP contribution in [0.25, 0.3) is 0 Å². The van der Waals surface area contributed by atoms with Gasteiger partial charge in [-0.2, -0.15) is 0 Å². The Labute approximate surface area is 568 Å². The van der Waals surface area contributed by atoms with Crippen molar-refractivity contribution in [2.24, 2.45) is 17.8 Å². The summed E-state index contributed by atoms with van der Waals surface area (Å²) in [6.45, 7) is 11.9. The Hall–Kier alpha value is -1.94. The molecule has 0 rings (SSSR count). The summed E-state index contributed by atoms with van der Waals surface area (Å²) in [5.41, 5.74) is 0. The van der Waals surface area contributed by atoms with Gasteiger partial charge in [0.1, 0.15) is 19.3 Å². The smallest absolute Gasteiger partial charge is 0.462 e. The molecule has 0 bridgehead atoms.